The summed E-state index contributed by atoms with van der Waals surface area (Å²) in [6.45, 7) is 26.0. The molecule has 0 aromatic heterocycles. The summed E-state index contributed by atoms with van der Waals surface area (Å²) in [5.41, 5.74) is 6.03. The van der Waals surface area contributed by atoms with E-state index >= 15 is 0 Å². The SMILES string of the molecule is CC(C)CCC[C@@H](C)[C@H]1CC[C@H]2[C@@H]3CC=C4C[C](C5CC[C@@]6(C)C(=CCC7C6CC[C@@]6(C)C7CC[C@@H]6[C@H](C)CCCC(C)C)C5)CC[C@]4(C)[C@H]3CC[C@]12C. The summed E-state index contributed by atoms with van der Waals surface area (Å²) in [5.74, 6) is 14.2. The first-order valence-electron chi connectivity index (χ1n) is 24.9. The zero-order chi connectivity index (χ0) is 38.2. The highest BCUT2D eigenvalue weighted by atomic mass is 14.7. The van der Waals surface area contributed by atoms with Crippen LogP contribution in [0.1, 0.15) is 210 Å². The predicted molar refractivity (Wildman–Crippen MR) is 233 cm³/mol. The van der Waals surface area contributed by atoms with Crippen molar-refractivity contribution in [2.24, 2.45) is 98.6 Å². The number of rotatable bonds is 11. The summed E-state index contributed by atoms with van der Waals surface area (Å²) in [6, 6.07) is 0. The molecule has 15 atom stereocenters. The van der Waals surface area contributed by atoms with Crippen molar-refractivity contribution in [1.29, 1.82) is 0 Å². The van der Waals surface area contributed by atoms with E-state index in [4.69, 9.17) is 0 Å². The lowest BCUT2D eigenvalue weighted by molar-refractivity contribution is -0.0549. The summed E-state index contributed by atoms with van der Waals surface area (Å²) in [4.78, 5) is 0. The highest BCUT2D eigenvalue weighted by molar-refractivity contribution is 5.33. The van der Waals surface area contributed by atoms with Gasteiger partial charge in [-0.25, -0.2) is 0 Å². The molecule has 0 aliphatic heterocycles. The maximum absolute atomic E-state index is 2.88. The van der Waals surface area contributed by atoms with Gasteiger partial charge in [0.25, 0.3) is 0 Å². The van der Waals surface area contributed by atoms with Crippen LogP contribution in [0.25, 0.3) is 0 Å². The normalized spacial score (nSPS) is 47.1. The highest BCUT2D eigenvalue weighted by Gasteiger charge is 2.61. The molecule has 0 amide bonds. The fourth-order valence-electron chi connectivity index (χ4n) is 17.9. The Balaban J connectivity index is 0.902. The van der Waals surface area contributed by atoms with E-state index in [9.17, 15) is 0 Å². The molecule has 54 heavy (non-hydrogen) atoms. The maximum atomic E-state index is 2.88. The Bertz CT molecular complexity index is 1270. The van der Waals surface area contributed by atoms with E-state index in [1.807, 2.05) is 17.1 Å². The van der Waals surface area contributed by atoms with Crippen molar-refractivity contribution in [3.63, 3.8) is 0 Å². The van der Waals surface area contributed by atoms with Crippen molar-refractivity contribution >= 4 is 0 Å². The van der Waals surface area contributed by atoms with Gasteiger partial charge in [-0.15, -0.1) is 0 Å². The molecule has 0 aromatic carbocycles. The van der Waals surface area contributed by atoms with E-state index in [0.29, 0.717) is 21.7 Å². The molecule has 8 aliphatic rings. The van der Waals surface area contributed by atoms with Crippen molar-refractivity contribution in [2.75, 3.05) is 0 Å². The Morgan fingerprint density at radius 1 is 0.537 bits per heavy atom. The zero-order valence-electron chi connectivity index (χ0n) is 37.7. The predicted octanol–water partition coefficient (Wildman–Crippen LogP) is 16.3. The minimum absolute atomic E-state index is 0.481. The van der Waals surface area contributed by atoms with Gasteiger partial charge in [-0.3, -0.25) is 0 Å². The van der Waals surface area contributed by atoms with Gasteiger partial charge in [0.1, 0.15) is 0 Å². The number of hydrogen-bond donors (Lipinski definition) is 0. The fraction of sp³-hybridized carbons (Fsp3) is 0.907. The van der Waals surface area contributed by atoms with Gasteiger partial charge in [0, 0.05) is 0 Å². The van der Waals surface area contributed by atoms with Gasteiger partial charge in [-0.2, -0.15) is 0 Å². The third-order valence-electron chi connectivity index (χ3n) is 21.1. The quantitative estimate of drug-likeness (QED) is 0.185. The van der Waals surface area contributed by atoms with Crippen LogP contribution in [-0.2, 0) is 0 Å². The summed E-state index contributed by atoms with van der Waals surface area (Å²) in [7, 11) is 0. The number of fused-ring (bicyclic) bond motifs is 10. The first kappa shape index (κ1) is 40.3. The standard InChI is InChI=1S/C54H89/c1-35(2)13-11-15-37(5)45-21-23-47-43-19-17-41-33-39(25-29-51(41,7)49(43)27-31-53(45,47)9)40-26-30-52(8)42(34-40)18-20-44-48-24-22-46(38(6)16-12-14-36(3)4)54(48,10)32-28-50(44)52/h17-18,35-39,43-50H,11-16,19-34H2,1-10H3/t37-,38-,39?,43?,44+,45-,46-,47?,48+,49?,50+,51+,52+,53-,54-/m1/s1. The van der Waals surface area contributed by atoms with Crippen LogP contribution >= 0.6 is 0 Å². The lowest BCUT2D eigenvalue weighted by atomic mass is 9.44. The van der Waals surface area contributed by atoms with Crippen LogP contribution in [0.4, 0.5) is 0 Å². The van der Waals surface area contributed by atoms with Crippen LogP contribution in [0.15, 0.2) is 23.3 Å². The summed E-state index contributed by atoms with van der Waals surface area (Å²) in [6.07, 6.45) is 38.1. The van der Waals surface area contributed by atoms with Gasteiger partial charge in [0.05, 0.1) is 0 Å². The van der Waals surface area contributed by atoms with E-state index in [1.165, 1.54) is 141 Å². The second kappa shape index (κ2) is 15.3. The molecule has 8 rings (SSSR count). The van der Waals surface area contributed by atoms with E-state index in [1.54, 1.807) is 0 Å². The number of hydrogen-bond acceptors (Lipinski definition) is 0. The molecule has 305 valence electrons. The molecule has 0 spiro atoms. The van der Waals surface area contributed by atoms with Crippen molar-refractivity contribution in [3.05, 3.63) is 29.2 Å². The average Bonchev–Trinajstić information content (AvgIpc) is 3.67. The topological polar surface area (TPSA) is 0 Å². The molecular weight excluding hydrogens is 649 g/mol. The van der Waals surface area contributed by atoms with Crippen LogP contribution < -0.4 is 0 Å². The molecule has 8 aliphatic carbocycles. The average molecular weight is 738 g/mol. The van der Waals surface area contributed by atoms with Gasteiger partial charge in [-0.05, 0) is 207 Å². The smallest absolute Gasteiger partial charge is 0.00849 e. The van der Waals surface area contributed by atoms with Crippen molar-refractivity contribution in [3.8, 4) is 0 Å². The fourth-order valence-corrected chi connectivity index (χ4v) is 17.9. The molecule has 6 fully saturated rings. The van der Waals surface area contributed by atoms with Crippen LogP contribution in [0, 0.1) is 105 Å². The van der Waals surface area contributed by atoms with E-state index in [2.05, 4.69) is 81.4 Å². The first-order chi connectivity index (χ1) is 25.7. The summed E-state index contributed by atoms with van der Waals surface area (Å²) < 4.78 is 0. The Morgan fingerprint density at radius 3 is 1.56 bits per heavy atom. The Morgan fingerprint density at radius 2 is 1.04 bits per heavy atom. The van der Waals surface area contributed by atoms with Gasteiger partial charge < -0.3 is 0 Å². The molecule has 6 saturated carbocycles. The Kier molecular flexibility index (Phi) is 11.4. The van der Waals surface area contributed by atoms with E-state index < -0.39 is 0 Å². The van der Waals surface area contributed by atoms with Crippen LogP contribution in [0.2, 0.25) is 0 Å². The number of allylic oxidation sites excluding steroid dienone is 4. The molecule has 0 N–H and O–H groups in total. The lowest BCUT2D eigenvalue weighted by Crippen LogP contribution is -2.51. The van der Waals surface area contributed by atoms with Gasteiger partial charge in [0.15, 0.2) is 0 Å². The second-order valence-electron chi connectivity index (χ2n) is 24.4. The molecule has 1 radical (unpaired) electrons. The van der Waals surface area contributed by atoms with Crippen molar-refractivity contribution < 1.29 is 0 Å². The molecule has 0 nitrogen and oxygen atoms in total. The monoisotopic (exact) mass is 738 g/mol. The third-order valence-corrected chi connectivity index (χ3v) is 21.1. The van der Waals surface area contributed by atoms with Gasteiger partial charge in [0.2, 0.25) is 0 Å². The zero-order valence-corrected chi connectivity index (χ0v) is 37.7. The Labute approximate surface area is 337 Å². The molecular formula is C54H89. The molecule has 0 aromatic rings. The Hall–Kier alpha value is -0.520. The van der Waals surface area contributed by atoms with Crippen LogP contribution in [0.5, 0.6) is 0 Å². The third kappa shape index (κ3) is 6.74. The van der Waals surface area contributed by atoms with E-state index in [0.717, 1.165) is 76.9 Å². The van der Waals surface area contributed by atoms with Gasteiger partial charge in [-0.1, -0.05) is 131 Å². The molecule has 0 heterocycles. The van der Waals surface area contributed by atoms with Crippen molar-refractivity contribution in [2.45, 2.75) is 210 Å². The summed E-state index contributed by atoms with van der Waals surface area (Å²) >= 11 is 0. The minimum atomic E-state index is 0.481. The minimum Gasteiger partial charge on any atom is -0.0845 e. The summed E-state index contributed by atoms with van der Waals surface area (Å²) in [5, 5.41) is 0. The lowest BCUT2D eigenvalue weighted by Gasteiger charge is -2.60. The first-order valence-corrected chi connectivity index (χ1v) is 24.9. The van der Waals surface area contributed by atoms with E-state index in [-0.39, 0.29) is 0 Å². The van der Waals surface area contributed by atoms with Crippen LogP contribution in [0.3, 0.4) is 0 Å². The van der Waals surface area contributed by atoms with Crippen LogP contribution in [-0.4, -0.2) is 0 Å². The van der Waals surface area contributed by atoms with Crippen molar-refractivity contribution in [1.82, 2.24) is 0 Å². The maximum Gasteiger partial charge on any atom is -0.00849 e. The second-order valence-corrected chi connectivity index (χ2v) is 24.4. The molecule has 4 unspecified atom stereocenters. The highest BCUT2D eigenvalue weighted by Crippen LogP contribution is 2.70. The molecule has 0 bridgehead atoms. The molecule has 0 saturated heterocycles. The molecule has 0 heteroatoms. The van der Waals surface area contributed by atoms with Gasteiger partial charge >= 0.3 is 0 Å². The largest absolute Gasteiger partial charge is 0.0845 e.